The molecule has 0 saturated heterocycles. The summed E-state index contributed by atoms with van der Waals surface area (Å²) in [6, 6.07) is 8.20. The van der Waals surface area contributed by atoms with Gasteiger partial charge in [0.15, 0.2) is 0 Å². The maximum Gasteiger partial charge on any atom is 0.111 e. The van der Waals surface area contributed by atoms with E-state index >= 15 is 0 Å². The van der Waals surface area contributed by atoms with E-state index in [4.69, 9.17) is 0 Å². The number of quaternary nitrogens is 1. The van der Waals surface area contributed by atoms with Gasteiger partial charge in [-0.1, -0.05) is 24.3 Å². The molecule has 2 heteroatoms. The van der Waals surface area contributed by atoms with Crippen molar-refractivity contribution in [1.82, 2.24) is 0 Å². The second kappa shape index (κ2) is 2.32. The molecule has 2 unspecified atom stereocenters. The number of fused-ring (bicyclic) bond motifs is 1. The van der Waals surface area contributed by atoms with E-state index in [-0.39, 0.29) is 6.04 Å². The molecule has 1 N–H and O–H groups in total. The molecule has 58 valence electrons. The number of hydroxylamine groups is 2. The molecule has 0 spiro atoms. The highest BCUT2D eigenvalue weighted by atomic mass is 16.5. The fourth-order valence-electron chi connectivity index (χ4n) is 1.63. The van der Waals surface area contributed by atoms with Crippen LogP contribution in [-0.4, -0.2) is 0 Å². The van der Waals surface area contributed by atoms with Crippen molar-refractivity contribution in [3.63, 3.8) is 0 Å². The van der Waals surface area contributed by atoms with Gasteiger partial charge < -0.3 is 10.3 Å². The first-order valence-corrected chi connectivity index (χ1v) is 3.89. The number of hydrogen-bond donors (Lipinski definition) is 1. The topological polar surface area (TPSA) is 27.5 Å². The molecule has 1 aliphatic heterocycles. The maximum atomic E-state index is 11.2. The van der Waals surface area contributed by atoms with E-state index in [0.717, 1.165) is 0 Å². The SMILES string of the molecule is CC1c2ccccc2C[NH+]1[O-]. The van der Waals surface area contributed by atoms with E-state index in [1.807, 2.05) is 31.2 Å². The summed E-state index contributed by atoms with van der Waals surface area (Å²) in [6.45, 7) is 2.62. The van der Waals surface area contributed by atoms with Gasteiger partial charge in [0, 0.05) is 11.1 Å². The Morgan fingerprint density at radius 3 is 2.91 bits per heavy atom. The summed E-state index contributed by atoms with van der Waals surface area (Å²) in [5.74, 6) is 0. The van der Waals surface area contributed by atoms with Gasteiger partial charge in [0.2, 0.25) is 0 Å². The minimum atomic E-state index is 0.131. The summed E-state index contributed by atoms with van der Waals surface area (Å²) in [5, 5.41) is 11.6. The molecule has 2 nitrogen and oxygen atoms in total. The summed E-state index contributed by atoms with van der Waals surface area (Å²) in [4.78, 5) is 0. The zero-order valence-corrected chi connectivity index (χ0v) is 6.50. The zero-order chi connectivity index (χ0) is 7.84. The van der Waals surface area contributed by atoms with E-state index in [1.165, 1.54) is 11.1 Å². The number of benzene rings is 1. The van der Waals surface area contributed by atoms with Crippen LogP contribution in [0.1, 0.15) is 24.1 Å². The van der Waals surface area contributed by atoms with Gasteiger partial charge in [-0.15, -0.1) is 0 Å². The zero-order valence-electron chi connectivity index (χ0n) is 6.50. The van der Waals surface area contributed by atoms with Crippen molar-refractivity contribution in [2.45, 2.75) is 19.5 Å². The van der Waals surface area contributed by atoms with Crippen molar-refractivity contribution in [1.29, 1.82) is 0 Å². The molecule has 2 atom stereocenters. The molecule has 0 aromatic heterocycles. The molecule has 1 aromatic carbocycles. The molecule has 1 aromatic rings. The molecule has 0 radical (unpaired) electrons. The predicted octanol–water partition coefficient (Wildman–Crippen LogP) is 0.644. The van der Waals surface area contributed by atoms with Crippen molar-refractivity contribution < 1.29 is 5.06 Å². The third kappa shape index (κ3) is 0.951. The first-order chi connectivity index (χ1) is 5.29. The van der Waals surface area contributed by atoms with Gasteiger partial charge in [-0.3, -0.25) is 0 Å². The van der Waals surface area contributed by atoms with E-state index in [2.05, 4.69) is 0 Å². The quantitative estimate of drug-likeness (QED) is 0.539. The lowest BCUT2D eigenvalue weighted by atomic mass is 10.1. The third-order valence-corrected chi connectivity index (χ3v) is 2.37. The Morgan fingerprint density at radius 1 is 1.45 bits per heavy atom. The molecule has 2 rings (SSSR count). The first-order valence-electron chi connectivity index (χ1n) is 3.89. The van der Waals surface area contributed by atoms with Crippen LogP contribution in [0.3, 0.4) is 0 Å². The van der Waals surface area contributed by atoms with Gasteiger partial charge in [0.1, 0.15) is 12.6 Å². The molecule has 0 saturated carbocycles. The molecule has 1 heterocycles. The molecule has 11 heavy (non-hydrogen) atoms. The average Bonchev–Trinajstić information content (AvgIpc) is 2.30. The predicted molar refractivity (Wildman–Crippen MR) is 42.9 cm³/mol. The Kier molecular flexibility index (Phi) is 1.44. The minimum Gasteiger partial charge on any atom is -0.634 e. The summed E-state index contributed by atoms with van der Waals surface area (Å²) in [6.07, 6.45) is 0. The van der Waals surface area contributed by atoms with Gasteiger partial charge in [0.05, 0.1) is 0 Å². The van der Waals surface area contributed by atoms with E-state index < -0.39 is 0 Å². The average molecular weight is 149 g/mol. The van der Waals surface area contributed by atoms with Gasteiger partial charge >= 0.3 is 0 Å². The Bertz CT molecular complexity index is 272. The van der Waals surface area contributed by atoms with Crippen LogP contribution in [0.25, 0.3) is 0 Å². The normalized spacial score (nSPS) is 28.5. The van der Waals surface area contributed by atoms with Gasteiger partial charge in [-0.25, -0.2) is 0 Å². The van der Waals surface area contributed by atoms with Crippen LogP contribution < -0.4 is 5.06 Å². The highest BCUT2D eigenvalue weighted by molar-refractivity contribution is 5.29. The Morgan fingerprint density at radius 2 is 2.18 bits per heavy atom. The molecular weight excluding hydrogens is 138 g/mol. The highest BCUT2D eigenvalue weighted by Gasteiger charge is 2.23. The van der Waals surface area contributed by atoms with Crippen LogP contribution in [-0.2, 0) is 6.54 Å². The lowest BCUT2D eigenvalue weighted by molar-refractivity contribution is -0.886. The van der Waals surface area contributed by atoms with Crippen LogP contribution in [0.4, 0.5) is 0 Å². The lowest BCUT2D eigenvalue weighted by Gasteiger charge is -2.20. The number of rotatable bonds is 0. The minimum absolute atomic E-state index is 0.131. The summed E-state index contributed by atoms with van der Waals surface area (Å²) in [7, 11) is 0. The maximum absolute atomic E-state index is 11.2. The van der Waals surface area contributed by atoms with E-state index in [1.54, 1.807) is 0 Å². The summed E-state index contributed by atoms with van der Waals surface area (Å²) < 4.78 is 0. The second-order valence-electron chi connectivity index (χ2n) is 3.06. The number of nitrogens with one attached hydrogen (secondary N) is 1. The van der Waals surface area contributed by atoms with Crippen molar-refractivity contribution in [3.05, 3.63) is 40.6 Å². The summed E-state index contributed by atoms with van der Waals surface area (Å²) in [5.41, 5.74) is 2.43. The Balaban J connectivity index is 2.47. The smallest absolute Gasteiger partial charge is 0.111 e. The fourth-order valence-corrected chi connectivity index (χ4v) is 1.63. The van der Waals surface area contributed by atoms with Gasteiger partial charge in [-0.2, -0.15) is 0 Å². The van der Waals surface area contributed by atoms with Crippen LogP contribution >= 0.6 is 0 Å². The molecule has 0 fully saturated rings. The Hall–Kier alpha value is -0.860. The largest absolute Gasteiger partial charge is 0.634 e. The van der Waals surface area contributed by atoms with Crippen LogP contribution in [0.2, 0.25) is 0 Å². The molecule has 0 bridgehead atoms. The molecular formula is C9H11NO. The van der Waals surface area contributed by atoms with E-state index in [0.29, 0.717) is 11.6 Å². The van der Waals surface area contributed by atoms with Gasteiger partial charge in [-0.05, 0) is 6.92 Å². The molecule has 0 aliphatic carbocycles. The first kappa shape index (κ1) is 6.83. The lowest BCUT2D eigenvalue weighted by Crippen LogP contribution is -3.03. The standard InChI is InChI=1S/C9H11NO/c1-7-9-5-3-2-4-8(9)6-10(7)11/h2-5,7,10H,6H2,1H3. The number of hydrogen-bond acceptors (Lipinski definition) is 1. The summed E-state index contributed by atoms with van der Waals surface area (Å²) >= 11 is 0. The Labute approximate surface area is 66.0 Å². The van der Waals surface area contributed by atoms with E-state index in [9.17, 15) is 5.21 Å². The molecule has 1 aliphatic rings. The molecule has 0 amide bonds. The van der Waals surface area contributed by atoms with Crippen molar-refractivity contribution >= 4 is 0 Å². The second-order valence-corrected chi connectivity index (χ2v) is 3.06. The third-order valence-electron chi connectivity index (χ3n) is 2.37. The van der Waals surface area contributed by atoms with Gasteiger partial charge in [0.25, 0.3) is 0 Å². The highest BCUT2D eigenvalue weighted by Crippen LogP contribution is 2.19. The fraction of sp³-hybridized carbons (Fsp3) is 0.333. The monoisotopic (exact) mass is 149 g/mol. The van der Waals surface area contributed by atoms with Crippen molar-refractivity contribution in [3.8, 4) is 0 Å². The van der Waals surface area contributed by atoms with Crippen molar-refractivity contribution in [2.24, 2.45) is 0 Å². The van der Waals surface area contributed by atoms with Crippen LogP contribution in [0.5, 0.6) is 0 Å². The van der Waals surface area contributed by atoms with Crippen molar-refractivity contribution in [2.75, 3.05) is 0 Å². The van der Waals surface area contributed by atoms with Crippen LogP contribution in [0, 0.1) is 5.21 Å². The van der Waals surface area contributed by atoms with Crippen LogP contribution in [0.15, 0.2) is 24.3 Å².